The summed E-state index contributed by atoms with van der Waals surface area (Å²) in [5, 5.41) is 17.1. The number of rotatable bonds is 12. The molecule has 0 aliphatic carbocycles. The summed E-state index contributed by atoms with van der Waals surface area (Å²) in [5.74, 6) is 1.63. The van der Waals surface area contributed by atoms with Crippen molar-refractivity contribution in [2.45, 2.75) is 0 Å². The predicted octanol–water partition coefficient (Wildman–Crippen LogP) is 13.6. The van der Waals surface area contributed by atoms with Gasteiger partial charge in [0.05, 0.1) is 33.1 Å². The zero-order valence-corrected chi connectivity index (χ0v) is 50.5. The molecule has 418 valence electrons. The molecule has 0 amide bonds. The van der Waals surface area contributed by atoms with E-state index >= 15 is 0 Å². The van der Waals surface area contributed by atoms with Crippen LogP contribution in [0.25, 0.3) is 94.4 Å². The molecule has 13 aromatic carbocycles. The Kier molecular flexibility index (Phi) is 12.5. The van der Waals surface area contributed by atoms with Gasteiger partial charge in [-0.1, -0.05) is 297 Å². The molecule has 8 heteroatoms. The van der Waals surface area contributed by atoms with Crippen LogP contribution >= 0.6 is 0 Å². The number of hydrogen-bond acceptors (Lipinski definition) is 3. The Bertz CT molecular complexity index is 5250. The van der Waals surface area contributed by atoms with Gasteiger partial charge in [-0.2, -0.15) is 15.0 Å². The van der Waals surface area contributed by atoms with E-state index in [0.29, 0.717) is 17.7 Å². The molecule has 0 aliphatic heterocycles. The Morgan fingerprint density at radius 1 is 0.225 bits per heavy atom. The van der Waals surface area contributed by atoms with E-state index in [-0.39, 0.29) is 0 Å². The van der Waals surface area contributed by atoms with Crippen LogP contribution in [0, 0.1) is 0 Å². The van der Waals surface area contributed by atoms with Gasteiger partial charge in [-0.15, -0.1) is 0 Å². The number of aromatic nitrogens is 6. The van der Waals surface area contributed by atoms with Crippen LogP contribution in [0.2, 0.25) is 0 Å². The fourth-order valence-electron chi connectivity index (χ4n) is 14.7. The summed E-state index contributed by atoms with van der Waals surface area (Å²) in [5.41, 5.74) is 8.24. The Hall–Kier alpha value is -11.3. The highest BCUT2D eigenvalue weighted by Gasteiger charge is 2.43. The van der Waals surface area contributed by atoms with Crippen molar-refractivity contribution in [1.29, 1.82) is 0 Å². The highest BCUT2D eigenvalue weighted by Crippen LogP contribution is 2.42. The molecule has 89 heavy (non-hydrogen) atoms. The normalized spacial score (nSPS) is 12.0. The highest BCUT2D eigenvalue weighted by atomic mass is 28.3. The summed E-state index contributed by atoms with van der Waals surface area (Å²) in [7, 11) is -5.87. The second-order valence-electron chi connectivity index (χ2n) is 23.0. The second kappa shape index (κ2) is 21.3. The van der Waals surface area contributed by atoms with Crippen LogP contribution in [0.3, 0.4) is 0 Å². The molecule has 0 radical (unpaired) electrons. The molecule has 0 spiro atoms. The molecule has 0 fully saturated rings. The van der Waals surface area contributed by atoms with Gasteiger partial charge in [-0.05, 0) is 84.0 Å². The van der Waals surface area contributed by atoms with Crippen LogP contribution < -0.4 is 41.5 Å². The smallest absolute Gasteiger partial charge is 0.240 e. The number of nitrogens with zero attached hydrogens (tertiary/aromatic N) is 6. The van der Waals surface area contributed by atoms with E-state index < -0.39 is 16.1 Å². The third kappa shape index (κ3) is 8.11. The zero-order chi connectivity index (χ0) is 58.9. The average molecular weight is 1170 g/mol. The summed E-state index contributed by atoms with van der Waals surface area (Å²) in [6.45, 7) is 0. The number of hydrogen-bond donors (Lipinski definition) is 0. The van der Waals surface area contributed by atoms with E-state index in [9.17, 15) is 0 Å². The maximum Gasteiger partial charge on any atom is 0.240 e. The third-order valence-electron chi connectivity index (χ3n) is 18.4. The predicted molar refractivity (Wildman–Crippen MR) is 376 cm³/mol. The van der Waals surface area contributed by atoms with Crippen molar-refractivity contribution in [3.63, 3.8) is 0 Å². The molecular formula is C81H56N6Si2. The molecule has 0 aliphatic rings. The maximum absolute atomic E-state index is 5.78. The molecule has 6 nitrogen and oxygen atoms in total. The molecule has 4 aromatic heterocycles. The van der Waals surface area contributed by atoms with Crippen molar-refractivity contribution < 1.29 is 0 Å². The van der Waals surface area contributed by atoms with E-state index in [2.05, 4.69) is 353 Å². The minimum Gasteiger partial charge on any atom is -0.309 e. The fourth-order valence-corrected chi connectivity index (χ4v) is 24.3. The first kappa shape index (κ1) is 52.1. The molecule has 17 aromatic rings. The first-order chi connectivity index (χ1) is 44.2. The summed E-state index contributed by atoms with van der Waals surface area (Å²) < 4.78 is 7.03. The highest BCUT2D eigenvalue weighted by molar-refractivity contribution is 7.20. The van der Waals surface area contributed by atoms with E-state index in [1.165, 1.54) is 41.5 Å². The molecular weight excluding hydrogens is 1110 g/mol. The molecule has 17 rings (SSSR count). The van der Waals surface area contributed by atoms with Crippen LogP contribution in [-0.4, -0.2) is 44.8 Å². The third-order valence-corrected chi connectivity index (χ3v) is 27.9. The standard InChI is InChI=1S/C81H56N6Si2/c1-7-31-59(32-8-1)88(60-33-9-2-10-34-60,61-35-11-3-12-36-61)65-43-27-29-57(55-65)79-82-80(86-72-49-23-19-45-67(72)68-46-20-24-50-73(68)86)84-81(83-79)87-74-51-25-21-47-69(74)70-53-54-76-77(78(70)87)71-48-22-26-52-75(71)85(76)58-30-28-44-66(56-58)89(62-37-13-4-14-38-62,63-39-15-5-16-40-63)64-41-17-6-18-42-64/h1-56H. The largest absolute Gasteiger partial charge is 0.309 e. The summed E-state index contributed by atoms with van der Waals surface area (Å²) in [4.78, 5) is 17.2. The number of para-hydroxylation sites is 4. The minimum atomic E-state index is -2.97. The van der Waals surface area contributed by atoms with Gasteiger partial charge in [-0.3, -0.25) is 9.13 Å². The lowest BCUT2D eigenvalue weighted by Crippen LogP contribution is -2.74. The van der Waals surface area contributed by atoms with Crippen LogP contribution in [0.5, 0.6) is 0 Å². The lowest BCUT2D eigenvalue weighted by molar-refractivity contribution is 0.894. The molecule has 0 atom stereocenters. The number of benzene rings is 13. The van der Waals surface area contributed by atoms with E-state index in [0.717, 1.165) is 76.7 Å². The Labute approximate surface area is 517 Å². The van der Waals surface area contributed by atoms with Crippen molar-refractivity contribution in [2.75, 3.05) is 0 Å². The van der Waals surface area contributed by atoms with Crippen molar-refractivity contribution in [1.82, 2.24) is 28.7 Å². The van der Waals surface area contributed by atoms with E-state index in [1.807, 2.05) is 0 Å². The van der Waals surface area contributed by atoms with E-state index in [4.69, 9.17) is 15.0 Å². The monoisotopic (exact) mass is 1170 g/mol. The molecule has 0 N–H and O–H groups in total. The Morgan fingerprint density at radius 2 is 0.573 bits per heavy atom. The topological polar surface area (TPSA) is 53.5 Å². The Morgan fingerprint density at radius 3 is 1.03 bits per heavy atom. The maximum atomic E-state index is 5.78. The zero-order valence-electron chi connectivity index (χ0n) is 48.5. The van der Waals surface area contributed by atoms with Gasteiger partial charge in [0.1, 0.15) is 0 Å². The second-order valence-corrected chi connectivity index (χ2v) is 30.6. The SMILES string of the molecule is c1ccc([Si](c2ccccc2)(c2ccccc2)c2cccc(-c3nc(-n4c5ccccc5c5ccccc54)nc(-n4c5ccccc5c5ccc6c(c7ccccc7n6-c6cccc([Si](c7ccccc7)(c7ccccc7)c7ccccc7)c6)c54)n3)c2)cc1. The number of fused-ring (bicyclic) bond motifs is 10. The van der Waals surface area contributed by atoms with Crippen LogP contribution in [-0.2, 0) is 0 Å². The van der Waals surface area contributed by atoms with Crippen LogP contribution in [0.4, 0.5) is 0 Å². The van der Waals surface area contributed by atoms with Gasteiger partial charge in [-0.25, -0.2) is 0 Å². The van der Waals surface area contributed by atoms with E-state index in [1.54, 1.807) is 0 Å². The van der Waals surface area contributed by atoms with Gasteiger partial charge in [0.2, 0.25) is 11.9 Å². The van der Waals surface area contributed by atoms with Crippen molar-refractivity contribution in [2.24, 2.45) is 0 Å². The Balaban J connectivity index is 0.948. The van der Waals surface area contributed by atoms with Crippen LogP contribution in [0.1, 0.15) is 0 Å². The first-order valence-electron chi connectivity index (χ1n) is 30.4. The van der Waals surface area contributed by atoms with Gasteiger partial charge < -0.3 is 4.57 Å². The van der Waals surface area contributed by atoms with Crippen LogP contribution in [0.15, 0.2) is 340 Å². The summed E-state index contributed by atoms with van der Waals surface area (Å²) >= 11 is 0. The lowest BCUT2D eigenvalue weighted by atomic mass is 10.1. The fraction of sp³-hybridized carbons (Fsp3) is 0. The van der Waals surface area contributed by atoms with Crippen molar-refractivity contribution >= 4 is 123 Å². The van der Waals surface area contributed by atoms with Gasteiger partial charge in [0.15, 0.2) is 22.0 Å². The van der Waals surface area contributed by atoms with Gasteiger partial charge in [0, 0.05) is 43.6 Å². The molecule has 4 heterocycles. The molecule has 0 unspecified atom stereocenters. The summed E-state index contributed by atoms with van der Waals surface area (Å²) in [6.07, 6.45) is 0. The minimum absolute atomic E-state index is 0.525. The van der Waals surface area contributed by atoms with Gasteiger partial charge in [0.25, 0.3) is 0 Å². The van der Waals surface area contributed by atoms with Gasteiger partial charge >= 0.3 is 0 Å². The quantitative estimate of drug-likeness (QED) is 0.0905. The molecule has 0 bridgehead atoms. The van der Waals surface area contributed by atoms with Crippen molar-refractivity contribution in [3.05, 3.63) is 340 Å². The molecule has 0 saturated carbocycles. The average Bonchev–Trinajstić information content (AvgIpc) is 1.19. The van der Waals surface area contributed by atoms with Crippen molar-refractivity contribution in [3.8, 4) is 29.0 Å². The lowest BCUT2D eigenvalue weighted by Gasteiger charge is -2.34. The molecule has 0 saturated heterocycles. The first-order valence-corrected chi connectivity index (χ1v) is 34.4. The summed E-state index contributed by atoms with van der Waals surface area (Å²) in [6, 6.07) is 125.